The van der Waals surface area contributed by atoms with Crippen molar-refractivity contribution in [2.24, 2.45) is 0 Å². The van der Waals surface area contributed by atoms with Gasteiger partial charge in [-0.3, -0.25) is 0 Å². The fourth-order valence-electron chi connectivity index (χ4n) is 1.63. The van der Waals surface area contributed by atoms with Crippen LogP contribution in [0, 0.1) is 0 Å². The number of nitrogen functional groups attached to an aromatic ring is 1. The maximum absolute atomic E-state index is 11.9. The summed E-state index contributed by atoms with van der Waals surface area (Å²) in [6.07, 6.45) is 1.47. The standard InChI is InChI=1S/C12H15NO3S/c1-8(2)17(14,15)7-9-6-16-12-10(9)4-3-5-11(12)13/h3-6,8H,7,13H2,1-2H3. The second-order valence-corrected chi connectivity index (χ2v) is 6.90. The second-order valence-electron chi connectivity index (χ2n) is 4.34. The van der Waals surface area contributed by atoms with Gasteiger partial charge in [0, 0.05) is 10.9 Å². The predicted molar refractivity (Wildman–Crippen MR) is 68.4 cm³/mol. The largest absolute Gasteiger partial charge is 0.462 e. The minimum Gasteiger partial charge on any atom is -0.462 e. The number of benzene rings is 1. The van der Waals surface area contributed by atoms with Crippen LogP contribution in [0.2, 0.25) is 0 Å². The van der Waals surface area contributed by atoms with Gasteiger partial charge in [0.15, 0.2) is 15.4 Å². The smallest absolute Gasteiger partial charge is 0.157 e. The zero-order valence-corrected chi connectivity index (χ0v) is 10.6. The van der Waals surface area contributed by atoms with Gasteiger partial charge < -0.3 is 10.2 Å². The van der Waals surface area contributed by atoms with Crippen LogP contribution in [0.3, 0.4) is 0 Å². The van der Waals surface area contributed by atoms with Crippen molar-refractivity contribution in [2.45, 2.75) is 24.9 Å². The molecule has 2 aromatic rings. The summed E-state index contributed by atoms with van der Waals surface area (Å²) in [5, 5.41) is 0.378. The molecule has 0 saturated heterocycles. The van der Waals surface area contributed by atoms with Gasteiger partial charge in [-0.2, -0.15) is 0 Å². The summed E-state index contributed by atoms with van der Waals surface area (Å²) in [5.74, 6) is -0.0128. The number of rotatable bonds is 3. The molecule has 0 saturated carbocycles. The van der Waals surface area contributed by atoms with Gasteiger partial charge in [-0.05, 0) is 19.9 Å². The zero-order valence-electron chi connectivity index (χ0n) is 9.80. The van der Waals surface area contributed by atoms with Crippen LogP contribution in [0.5, 0.6) is 0 Å². The van der Waals surface area contributed by atoms with Crippen LogP contribution in [-0.4, -0.2) is 13.7 Å². The normalized spacial score (nSPS) is 12.4. The molecule has 0 fully saturated rings. The number of hydrogen-bond donors (Lipinski definition) is 1. The van der Waals surface area contributed by atoms with Crippen molar-refractivity contribution in [2.75, 3.05) is 5.73 Å². The van der Waals surface area contributed by atoms with Crippen LogP contribution >= 0.6 is 0 Å². The lowest BCUT2D eigenvalue weighted by Crippen LogP contribution is -2.15. The van der Waals surface area contributed by atoms with E-state index in [0.29, 0.717) is 16.8 Å². The quantitative estimate of drug-likeness (QED) is 0.852. The van der Waals surface area contributed by atoms with Crippen molar-refractivity contribution in [1.29, 1.82) is 0 Å². The van der Waals surface area contributed by atoms with Gasteiger partial charge in [-0.15, -0.1) is 0 Å². The van der Waals surface area contributed by atoms with Crippen LogP contribution in [-0.2, 0) is 15.6 Å². The van der Waals surface area contributed by atoms with Crippen LogP contribution in [0.15, 0.2) is 28.9 Å². The fourth-order valence-corrected chi connectivity index (χ4v) is 2.62. The lowest BCUT2D eigenvalue weighted by atomic mass is 10.2. The molecule has 0 bridgehead atoms. The minimum absolute atomic E-state index is 0.0128. The average molecular weight is 253 g/mol. The molecular weight excluding hydrogens is 238 g/mol. The van der Waals surface area contributed by atoms with Crippen molar-refractivity contribution in [3.63, 3.8) is 0 Å². The highest BCUT2D eigenvalue weighted by atomic mass is 32.2. The van der Waals surface area contributed by atoms with E-state index < -0.39 is 15.1 Å². The van der Waals surface area contributed by atoms with Gasteiger partial charge in [-0.25, -0.2) is 8.42 Å². The molecule has 0 unspecified atom stereocenters. The summed E-state index contributed by atoms with van der Waals surface area (Å²) >= 11 is 0. The zero-order chi connectivity index (χ0) is 12.6. The average Bonchev–Trinajstić information content (AvgIpc) is 2.62. The molecule has 2 N–H and O–H groups in total. The molecule has 0 aliphatic rings. The Balaban J connectivity index is 2.48. The maximum atomic E-state index is 11.9. The molecule has 1 aromatic carbocycles. The third-order valence-electron chi connectivity index (χ3n) is 2.79. The number of furan rings is 1. The molecule has 0 aliphatic carbocycles. The van der Waals surface area contributed by atoms with Gasteiger partial charge in [0.05, 0.1) is 23.0 Å². The molecule has 4 nitrogen and oxygen atoms in total. The third kappa shape index (κ3) is 2.15. The van der Waals surface area contributed by atoms with Crippen LogP contribution in [0.4, 0.5) is 5.69 Å². The summed E-state index contributed by atoms with van der Waals surface area (Å²) in [6, 6.07) is 5.34. The third-order valence-corrected chi connectivity index (χ3v) is 4.94. The Hall–Kier alpha value is -1.49. The van der Waals surface area contributed by atoms with Crippen LogP contribution in [0.1, 0.15) is 19.4 Å². The van der Waals surface area contributed by atoms with E-state index in [2.05, 4.69) is 0 Å². The number of anilines is 1. The summed E-state index contributed by atoms with van der Waals surface area (Å²) in [7, 11) is -3.13. The summed E-state index contributed by atoms with van der Waals surface area (Å²) < 4.78 is 29.0. The highest BCUT2D eigenvalue weighted by molar-refractivity contribution is 7.91. The lowest BCUT2D eigenvalue weighted by molar-refractivity contribution is 0.584. The van der Waals surface area contributed by atoms with E-state index in [-0.39, 0.29) is 5.75 Å². The Morgan fingerprint density at radius 1 is 1.35 bits per heavy atom. The van der Waals surface area contributed by atoms with E-state index in [1.165, 1.54) is 6.26 Å². The van der Waals surface area contributed by atoms with Gasteiger partial charge in [0.1, 0.15) is 0 Å². The second kappa shape index (κ2) is 4.07. The summed E-state index contributed by atoms with van der Waals surface area (Å²) in [6.45, 7) is 3.35. The molecule has 92 valence electrons. The monoisotopic (exact) mass is 253 g/mol. The Morgan fingerprint density at radius 3 is 2.71 bits per heavy atom. The van der Waals surface area contributed by atoms with E-state index in [1.807, 2.05) is 6.07 Å². The molecule has 1 heterocycles. The van der Waals surface area contributed by atoms with E-state index >= 15 is 0 Å². The van der Waals surface area contributed by atoms with Crippen molar-refractivity contribution < 1.29 is 12.8 Å². The highest BCUT2D eigenvalue weighted by Gasteiger charge is 2.20. The summed E-state index contributed by atoms with van der Waals surface area (Å²) in [5.41, 5.74) is 7.50. The lowest BCUT2D eigenvalue weighted by Gasteiger charge is -2.05. The van der Waals surface area contributed by atoms with Crippen LogP contribution in [0.25, 0.3) is 11.0 Å². The first kappa shape index (κ1) is 12.0. The van der Waals surface area contributed by atoms with E-state index in [0.717, 1.165) is 5.39 Å². The van der Waals surface area contributed by atoms with Gasteiger partial charge in [-0.1, -0.05) is 12.1 Å². The number of fused-ring (bicyclic) bond motifs is 1. The highest BCUT2D eigenvalue weighted by Crippen LogP contribution is 2.27. The number of sulfone groups is 1. The van der Waals surface area contributed by atoms with E-state index in [4.69, 9.17) is 10.2 Å². The number of para-hydroxylation sites is 1. The molecule has 0 amide bonds. The van der Waals surface area contributed by atoms with Crippen molar-refractivity contribution in [3.8, 4) is 0 Å². The van der Waals surface area contributed by atoms with Gasteiger partial charge in [0.25, 0.3) is 0 Å². The Labute approximate surface area is 100 Å². The molecule has 0 aliphatic heterocycles. The topological polar surface area (TPSA) is 73.3 Å². The molecular formula is C12H15NO3S. The van der Waals surface area contributed by atoms with E-state index in [9.17, 15) is 8.42 Å². The Kier molecular flexibility index (Phi) is 2.87. The van der Waals surface area contributed by atoms with Crippen molar-refractivity contribution >= 4 is 26.5 Å². The molecule has 0 atom stereocenters. The molecule has 0 radical (unpaired) electrons. The fraction of sp³-hybridized carbons (Fsp3) is 0.333. The maximum Gasteiger partial charge on any atom is 0.157 e. The molecule has 17 heavy (non-hydrogen) atoms. The van der Waals surface area contributed by atoms with E-state index in [1.54, 1.807) is 26.0 Å². The van der Waals surface area contributed by atoms with Gasteiger partial charge in [0.2, 0.25) is 0 Å². The number of nitrogens with two attached hydrogens (primary N) is 1. The molecule has 1 aromatic heterocycles. The first-order chi connectivity index (χ1) is 7.92. The summed E-state index contributed by atoms with van der Waals surface area (Å²) in [4.78, 5) is 0. The predicted octanol–water partition coefficient (Wildman–Crippen LogP) is 2.34. The SMILES string of the molecule is CC(C)S(=O)(=O)Cc1coc2c(N)cccc12. The molecule has 0 spiro atoms. The van der Waals surface area contributed by atoms with Crippen molar-refractivity contribution in [3.05, 3.63) is 30.0 Å². The Bertz CT molecular complexity index is 641. The Morgan fingerprint density at radius 2 is 2.06 bits per heavy atom. The first-order valence-corrected chi connectivity index (χ1v) is 7.09. The first-order valence-electron chi connectivity index (χ1n) is 5.38. The molecule has 2 rings (SSSR count). The minimum atomic E-state index is -3.13. The molecule has 5 heteroatoms. The van der Waals surface area contributed by atoms with Gasteiger partial charge >= 0.3 is 0 Å². The number of hydrogen-bond acceptors (Lipinski definition) is 4. The van der Waals surface area contributed by atoms with Crippen molar-refractivity contribution in [1.82, 2.24) is 0 Å². The van der Waals surface area contributed by atoms with Crippen LogP contribution < -0.4 is 5.73 Å².